The highest BCUT2D eigenvalue weighted by atomic mass is 19.1. The third kappa shape index (κ3) is 6.63. The Morgan fingerprint density at radius 3 is 2.47 bits per heavy atom. The van der Waals surface area contributed by atoms with Gasteiger partial charge in [0, 0.05) is 26.7 Å². The second-order valence-electron chi connectivity index (χ2n) is 8.87. The van der Waals surface area contributed by atoms with Gasteiger partial charge in [0.25, 0.3) is 0 Å². The Bertz CT molecular complexity index is 1380. The quantitative estimate of drug-likeness (QED) is 0.331. The van der Waals surface area contributed by atoms with Crippen molar-refractivity contribution in [3.8, 4) is 22.8 Å². The topological polar surface area (TPSA) is 88.0 Å². The lowest BCUT2D eigenvalue weighted by Crippen LogP contribution is -2.33. The van der Waals surface area contributed by atoms with Crippen molar-refractivity contribution in [2.24, 2.45) is 0 Å². The van der Waals surface area contributed by atoms with E-state index in [0.29, 0.717) is 23.9 Å². The van der Waals surface area contributed by atoms with Crippen LogP contribution in [0.5, 0.6) is 11.5 Å². The third-order valence-corrected chi connectivity index (χ3v) is 5.72. The van der Waals surface area contributed by atoms with Gasteiger partial charge in [-0.25, -0.2) is 19.2 Å². The molecule has 0 aliphatic carbocycles. The summed E-state index contributed by atoms with van der Waals surface area (Å²) in [5.41, 5.74) is 1.93. The maximum Gasteiger partial charge on any atom is 0.415 e. The Kier molecular flexibility index (Phi) is 8.50. The van der Waals surface area contributed by atoms with E-state index in [1.807, 2.05) is 30.3 Å². The van der Waals surface area contributed by atoms with Crippen LogP contribution in [0.3, 0.4) is 0 Å². The average Bonchev–Trinajstić information content (AvgIpc) is 2.93. The fourth-order valence-corrected chi connectivity index (χ4v) is 3.66. The molecule has 0 radical (unpaired) electrons. The van der Waals surface area contributed by atoms with E-state index < -0.39 is 18.0 Å². The molecule has 0 bridgehead atoms. The molecule has 3 aromatic carbocycles. The van der Waals surface area contributed by atoms with Crippen LogP contribution < -0.4 is 14.4 Å². The van der Waals surface area contributed by atoms with Gasteiger partial charge in [0.1, 0.15) is 23.9 Å². The molecule has 1 aromatic heterocycles. The molecule has 1 N–H and O–H groups in total. The van der Waals surface area contributed by atoms with Gasteiger partial charge in [-0.1, -0.05) is 54.6 Å². The van der Waals surface area contributed by atoms with Crippen LogP contribution in [-0.2, 0) is 6.61 Å². The molecule has 0 spiro atoms. The van der Waals surface area contributed by atoms with Crippen LogP contribution in [0.2, 0.25) is 0 Å². The summed E-state index contributed by atoms with van der Waals surface area (Å²) in [5.74, 6) is 0.430. The number of ether oxygens (including phenoxy) is 2. The minimum atomic E-state index is -0.994. The Morgan fingerprint density at radius 2 is 1.74 bits per heavy atom. The summed E-state index contributed by atoms with van der Waals surface area (Å²) in [5, 5.41) is 10.8. The number of carbonyl (C=O) groups is 1. The van der Waals surface area contributed by atoms with Gasteiger partial charge in [0.15, 0.2) is 5.75 Å². The highest BCUT2D eigenvalue weighted by Crippen LogP contribution is 2.31. The van der Waals surface area contributed by atoms with Gasteiger partial charge >= 0.3 is 6.09 Å². The van der Waals surface area contributed by atoms with Gasteiger partial charge in [0.05, 0.1) is 18.8 Å². The number of aromatic nitrogens is 2. The van der Waals surface area contributed by atoms with E-state index in [9.17, 15) is 14.3 Å². The van der Waals surface area contributed by atoms with Gasteiger partial charge in [-0.3, -0.25) is 0 Å². The van der Waals surface area contributed by atoms with Gasteiger partial charge < -0.3 is 24.4 Å². The molecule has 9 heteroatoms. The molecule has 0 saturated heterocycles. The largest absolute Gasteiger partial charge is 0.489 e. The molecule has 4 aromatic rings. The van der Waals surface area contributed by atoms with Crippen molar-refractivity contribution in [1.29, 1.82) is 0 Å². The molecule has 8 nitrogen and oxygen atoms in total. The van der Waals surface area contributed by atoms with E-state index in [0.717, 1.165) is 5.56 Å². The standard InChI is InChI=1S/C29H29FN4O4/c1-33(2)28-31-17-26(27(32-28)23-14-7-8-15-24(23)30)38-29(36)34(3)18-25(35)21-12-9-13-22(16-21)37-19-20-10-5-4-6-11-20/h4-17,25,35H,18-19H2,1-3H3. The van der Waals surface area contributed by atoms with E-state index in [2.05, 4.69) is 9.97 Å². The molecule has 1 atom stereocenters. The zero-order valence-electron chi connectivity index (χ0n) is 21.4. The first-order chi connectivity index (χ1) is 18.3. The fraction of sp³-hybridized carbons (Fsp3) is 0.207. The van der Waals surface area contributed by atoms with Crippen molar-refractivity contribution < 1.29 is 23.8 Å². The van der Waals surface area contributed by atoms with Crippen LogP contribution in [0.15, 0.2) is 85.1 Å². The summed E-state index contributed by atoms with van der Waals surface area (Å²) in [7, 11) is 5.01. The first-order valence-electron chi connectivity index (χ1n) is 12.0. The average molecular weight is 517 g/mol. The second-order valence-corrected chi connectivity index (χ2v) is 8.87. The summed E-state index contributed by atoms with van der Waals surface area (Å²) >= 11 is 0. The van der Waals surface area contributed by atoms with Crippen LogP contribution in [-0.4, -0.2) is 53.8 Å². The number of amides is 1. The molecular weight excluding hydrogens is 487 g/mol. The number of aliphatic hydroxyl groups is 1. The molecule has 1 heterocycles. The number of nitrogens with zero attached hydrogens (tertiary/aromatic N) is 4. The zero-order valence-corrected chi connectivity index (χ0v) is 21.4. The number of rotatable bonds is 9. The lowest BCUT2D eigenvalue weighted by atomic mass is 10.1. The first-order valence-corrected chi connectivity index (χ1v) is 12.0. The third-order valence-electron chi connectivity index (χ3n) is 5.72. The molecule has 0 saturated carbocycles. The fourth-order valence-electron chi connectivity index (χ4n) is 3.66. The van der Waals surface area contributed by atoms with E-state index in [1.54, 1.807) is 61.5 Å². The van der Waals surface area contributed by atoms with Crippen LogP contribution in [0.4, 0.5) is 15.1 Å². The smallest absolute Gasteiger partial charge is 0.415 e. The summed E-state index contributed by atoms with van der Waals surface area (Å²) in [6.07, 6.45) is -0.412. The molecule has 0 aliphatic heterocycles. The van der Waals surface area contributed by atoms with Gasteiger partial charge in [-0.2, -0.15) is 0 Å². The van der Waals surface area contributed by atoms with Crippen LogP contribution >= 0.6 is 0 Å². The first kappa shape index (κ1) is 26.6. The number of anilines is 1. The van der Waals surface area contributed by atoms with Crippen molar-refractivity contribution >= 4 is 12.0 Å². The van der Waals surface area contributed by atoms with Crippen molar-refractivity contribution in [3.63, 3.8) is 0 Å². The number of aliphatic hydroxyl groups excluding tert-OH is 1. The van der Waals surface area contributed by atoms with E-state index in [1.165, 1.54) is 24.2 Å². The molecule has 0 aliphatic rings. The molecule has 196 valence electrons. The monoisotopic (exact) mass is 516 g/mol. The highest BCUT2D eigenvalue weighted by molar-refractivity contribution is 5.75. The second kappa shape index (κ2) is 12.2. The Balaban J connectivity index is 1.44. The number of likely N-dealkylation sites (N-methyl/N-ethyl adjacent to an activating group) is 1. The molecule has 1 amide bonds. The number of benzene rings is 3. The van der Waals surface area contributed by atoms with Crippen molar-refractivity contribution in [1.82, 2.24) is 14.9 Å². The van der Waals surface area contributed by atoms with Gasteiger partial charge in [-0.15, -0.1) is 0 Å². The van der Waals surface area contributed by atoms with Crippen LogP contribution in [0, 0.1) is 5.82 Å². The maximum atomic E-state index is 14.6. The zero-order chi connectivity index (χ0) is 27.1. The SMILES string of the molecule is CN(CC(O)c1cccc(OCc2ccccc2)c1)C(=O)Oc1cnc(N(C)C)nc1-c1ccccc1F. The number of carbonyl (C=O) groups excluding carboxylic acids is 1. The Labute approximate surface area is 220 Å². The predicted octanol–water partition coefficient (Wildman–Crippen LogP) is 5.09. The normalized spacial score (nSPS) is 11.5. The molecule has 0 fully saturated rings. The summed E-state index contributed by atoms with van der Waals surface area (Å²) in [4.78, 5) is 24.4. The minimum Gasteiger partial charge on any atom is -0.489 e. The van der Waals surface area contributed by atoms with E-state index in [-0.39, 0.29) is 23.6 Å². The molecule has 4 rings (SSSR count). The number of hydrogen-bond donors (Lipinski definition) is 1. The predicted molar refractivity (Wildman–Crippen MR) is 143 cm³/mol. The van der Waals surface area contributed by atoms with Crippen molar-refractivity contribution in [2.75, 3.05) is 32.6 Å². The maximum absolute atomic E-state index is 14.6. The lowest BCUT2D eigenvalue weighted by molar-refractivity contribution is 0.112. The Morgan fingerprint density at radius 1 is 1.00 bits per heavy atom. The van der Waals surface area contributed by atoms with Crippen molar-refractivity contribution in [3.05, 3.63) is 102 Å². The highest BCUT2D eigenvalue weighted by Gasteiger charge is 2.22. The molecule has 38 heavy (non-hydrogen) atoms. The number of halogens is 1. The van der Waals surface area contributed by atoms with Gasteiger partial charge in [-0.05, 0) is 35.4 Å². The summed E-state index contributed by atoms with van der Waals surface area (Å²) in [6.45, 7) is 0.346. The molecule has 1 unspecified atom stereocenters. The summed E-state index contributed by atoms with van der Waals surface area (Å²) in [6, 6.07) is 22.9. The Hall–Kier alpha value is -4.50. The molecular formula is C29H29FN4O4. The van der Waals surface area contributed by atoms with Crippen LogP contribution in [0.25, 0.3) is 11.3 Å². The van der Waals surface area contributed by atoms with Crippen LogP contribution in [0.1, 0.15) is 17.2 Å². The lowest BCUT2D eigenvalue weighted by Gasteiger charge is -2.22. The van der Waals surface area contributed by atoms with Crippen molar-refractivity contribution in [2.45, 2.75) is 12.7 Å². The van der Waals surface area contributed by atoms with Gasteiger partial charge in [0.2, 0.25) is 5.95 Å². The number of hydrogen-bond acceptors (Lipinski definition) is 7. The van der Waals surface area contributed by atoms with E-state index >= 15 is 0 Å². The van der Waals surface area contributed by atoms with E-state index in [4.69, 9.17) is 9.47 Å². The summed E-state index contributed by atoms with van der Waals surface area (Å²) < 4.78 is 25.9. The minimum absolute atomic E-state index is 0.00310.